The van der Waals surface area contributed by atoms with E-state index in [0.717, 1.165) is 12.3 Å². The lowest BCUT2D eigenvalue weighted by molar-refractivity contribution is -0.138. The minimum absolute atomic E-state index is 0.0604. The Morgan fingerprint density at radius 3 is 2.57 bits per heavy atom. The lowest BCUT2D eigenvalue weighted by Crippen LogP contribution is -2.07. The molecule has 2 N–H and O–H groups in total. The first-order chi connectivity index (χ1) is 9.81. The Balaban J connectivity index is 2.36. The van der Waals surface area contributed by atoms with Crippen molar-refractivity contribution in [3.05, 3.63) is 40.2 Å². The second-order valence-electron chi connectivity index (χ2n) is 3.96. The highest BCUT2D eigenvalue weighted by atomic mass is 79.9. The third-order valence-electron chi connectivity index (χ3n) is 2.50. The van der Waals surface area contributed by atoms with E-state index in [1.807, 2.05) is 0 Å². The third-order valence-corrected chi connectivity index (χ3v) is 3.19. The average Bonchev–Trinajstić information content (AvgIpc) is 2.42. The molecule has 0 bridgehead atoms. The van der Waals surface area contributed by atoms with Crippen LogP contribution in [0.5, 0.6) is 0 Å². The molecule has 0 atom stereocenters. The minimum atomic E-state index is -4.52. The second-order valence-corrected chi connectivity index (χ2v) is 4.81. The summed E-state index contributed by atoms with van der Waals surface area (Å²) in [5.41, 5.74) is -0.805. The van der Waals surface area contributed by atoms with Crippen molar-refractivity contribution >= 4 is 33.4 Å². The molecule has 1 heterocycles. The van der Waals surface area contributed by atoms with Gasteiger partial charge in [0.1, 0.15) is 0 Å². The van der Waals surface area contributed by atoms with Gasteiger partial charge in [-0.05, 0) is 18.2 Å². The quantitative estimate of drug-likeness (QED) is 0.802. The largest absolute Gasteiger partial charge is 0.417 e. The van der Waals surface area contributed by atoms with E-state index in [0.29, 0.717) is 0 Å². The first-order valence-corrected chi connectivity index (χ1v) is 6.44. The van der Waals surface area contributed by atoms with Crippen LogP contribution < -0.4 is 10.6 Å². The first kappa shape index (κ1) is 15.5. The monoisotopic (exact) mass is 364 g/mol. The van der Waals surface area contributed by atoms with Gasteiger partial charge in [-0.15, -0.1) is 0 Å². The third kappa shape index (κ3) is 3.60. The van der Waals surface area contributed by atoms with Gasteiger partial charge in [0.2, 0.25) is 5.95 Å². The summed E-state index contributed by atoms with van der Waals surface area (Å²) in [5, 5.41) is 5.11. The molecule has 0 aliphatic carbocycles. The molecule has 0 fully saturated rings. The number of nitrogens with one attached hydrogen (secondary N) is 2. The van der Waals surface area contributed by atoms with Crippen molar-refractivity contribution in [3.63, 3.8) is 0 Å². The average molecular weight is 365 g/mol. The van der Waals surface area contributed by atoms with Crippen LogP contribution in [0.4, 0.5) is 35.0 Å². The zero-order chi connectivity index (χ0) is 15.6. The topological polar surface area (TPSA) is 49.8 Å². The Labute approximate surface area is 125 Å². The Bertz CT molecular complexity index is 660. The smallest absolute Gasteiger partial charge is 0.357 e. The number of halogens is 5. The molecule has 1 aromatic carbocycles. The Kier molecular flexibility index (Phi) is 4.31. The van der Waals surface area contributed by atoms with E-state index >= 15 is 0 Å². The summed E-state index contributed by atoms with van der Waals surface area (Å²) in [6.45, 7) is 0. The molecule has 0 unspecified atom stereocenters. The van der Waals surface area contributed by atoms with E-state index in [1.54, 1.807) is 7.05 Å². The van der Waals surface area contributed by atoms with Crippen molar-refractivity contribution < 1.29 is 17.6 Å². The molecule has 0 saturated carbocycles. The molecule has 2 aromatic rings. The van der Waals surface area contributed by atoms with Gasteiger partial charge >= 0.3 is 6.18 Å². The van der Waals surface area contributed by atoms with Crippen LogP contribution in [0.3, 0.4) is 0 Å². The van der Waals surface area contributed by atoms with Crippen molar-refractivity contribution in [2.24, 2.45) is 0 Å². The van der Waals surface area contributed by atoms with Gasteiger partial charge in [-0.25, -0.2) is 9.37 Å². The summed E-state index contributed by atoms with van der Waals surface area (Å²) in [6, 6.07) is 3.47. The molecule has 0 radical (unpaired) electrons. The van der Waals surface area contributed by atoms with Gasteiger partial charge < -0.3 is 10.6 Å². The summed E-state index contributed by atoms with van der Waals surface area (Å²) in [5.74, 6) is -0.845. The van der Waals surface area contributed by atoms with Crippen LogP contribution in [0.15, 0.2) is 28.9 Å². The van der Waals surface area contributed by atoms with E-state index in [1.165, 1.54) is 12.1 Å². The molecule has 0 aliphatic heterocycles. The van der Waals surface area contributed by atoms with Crippen LogP contribution in [0, 0.1) is 5.82 Å². The van der Waals surface area contributed by atoms with Crippen LogP contribution in [0.1, 0.15) is 5.56 Å². The number of alkyl halides is 3. The van der Waals surface area contributed by atoms with Crippen molar-refractivity contribution in [1.82, 2.24) is 9.97 Å². The van der Waals surface area contributed by atoms with Gasteiger partial charge in [-0.1, -0.05) is 15.9 Å². The molecule has 0 spiro atoms. The highest BCUT2D eigenvalue weighted by Gasteiger charge is 2.33. The van der Waals surface area contributed by atoms with Crippen LogP contribution in [0.25, 0.3) is 0 Å². The standard InChI is InChI=1S/C12H9BrF4N4/c1-18-11-19-5-9(14)10(21-11)20-6-2-3-8(13)7(4-6)12(15,16)17/h2-5H,1H3,(H2,18,19,20,21). The van der Waals surface area contributed by atoms with E-state index in [4.69, 9.17) is 0 Å². The maximum Gasteiger partial charge on any atom is 0.417 e. The SMILES string of the molecule is CNc1ncc(F)c(Nc2ccc(Br)c(C(F)(F)F)c2)n1. The molecule has 0 saturated heterocycles. The maximum absolute atomic E-state index is 13.6. The zero-order valence-corrected chi connectivity index (χ0v) is 12.2. The van der Waals surface area contributed by atoms with E-state index in [2.05, 4.69) is 36.5 Å². The summed E-state index contributed by atoms with van der Waals surface area (Å²) in [4.78, 5) is 7.44. The molecule has 21 heavy (non-hydrogen) atoms. The van der Waals surface area contributed by atoms with Crippen LogP contribution in [-0.4, -0.2) is 17.0 Å². The molecular weight excluding hydrogens is 356 g/mol. The predicted molar refractivity (Wildman–Crippen MR) is 74.0 cm³/mol. The lowest BCUT2D eigenvalue weighted by atomic mass is 10.2. The molecule has 9 heteroatoms. The fraction of sp³-hybridized carbons (Fsp3) is 0.167. The second kappa shape index (κ2) is 5.84. The Morgan fingerprint density at radius 2 is 1.95 bits per heavy atom. The molecule has 1 aromatic heterocycles. The zero-order valence-electron chi connectivity index (χ0n) is 10.6. The van der Waals surface area contributed by atoms with Gasteiger partial charge in [0, 0.05) is 17.2 Å². The fourth-order valence-electron chi connectivity index (χ4n) is 1.53. The molecule has 0 aliphatic rings. The number of aromatic nitrogens is 2. The fourth-order valence-corrected chi connectivity index (χ4v) is 2.00. The van der Waals surface area contributed by atoms with E-state index in [9.17, 15) is 17.6 Å². The number of benzene rings is 1. The van der Waals surface area contributed by atoms with Crippen molar-refractivity contribution in [3.8, 4) is 0 Å². The summed E-state index contributed by atoms with van der Waals surface area (Å²) >= 11 is 2.83. The highest BCUT2D eigenvalue weighted by molar-refractivity contribution is 9.10. The Morgan fingerprint density at radius 1 is 1.24 bits per heavy atom. The molecule has 2 rings (SSSR count). The first-order valence-electron chi connectivity index (χ1n) is 5.65. The molecule has 0 amide bonds. The normalized spacial score (nSPS) is 11.3. The maximum atomic E-state index is 13.6. The van der Waals surface area contributed by atoms with Crippen LogP contribution in [0.2, 0.25) is 0 Å². The number of anilines is 3. The van der Waals surface area contributed by atoms with E-state index in [-0.39, 0.29) is 21.9 Å². The predicted octanol–water partition coefficient (Wildman–Crippen LogP) is 4.18. The number of hydrogen-bond acceptors (Lipinski definition) is 4. The lowest BCUT2D eigenvalue weighted by Gasteiger charge is -2.12. The molecular formula is C12H9BrF4N4. The van der Waals surface area contributed by atoms with Gasteiger partial charge in [-0.3, -0.25) is 0 Å². The molecule has 112 valence electrons. The molecule has 4 nitrogen and oxygen atoms in total. The van der Waals surface area contributed by atoms with Gasteiger partial charge in [0.05, 0.1) is 11.8 Å². The van der Waals surface area contributed by atoms with Gasteiger partial charge in [0.15, 0.2) is 11.6 Å². The summed E-state index contributed by atoms with van der Waals surface area (Å²) < 4.78 is 51.9. The van der Waals surface area contributed by atoms with Crippen LogP contribution >= 0.6 is 15.9 Å². The summed E-state index contributed by atoms with van der Waals surface area (Å²) in [6.07, 6.45) is -3.60. The summed E-state index contributed by atoms with van der Waals surface area (Å²) in [7, 11) is 1.54. The van der Waals surface area contributed by atoms with Gasteiger partial charge in [-0.2, -0.15) is 18.2 Å². The highest BCUT2D eigenvalue weighted by Crippen LogP contribution is 2.36. The minimum Gasteiger partial charge on any atom is -0.357 e. The van der Waals surface area contributed by atoms with Crippen molar-refractivity contribution in [2.75, 3.05) is 17.7 Å². The Hall–Kier alpha value is -1.90. The number of rotatable bonds is 3. The van der Waals surface area contributed by atoms with Crippen LogP contribution in [-0.2, 0) is 6.18 Å². The van der Waals surface area contributed by atoms with Gasteiger partial charge in [0.25, 0.3) is 0 Å². The number of nitrogens with zero attached hydrogens (tertiary/aromatic N) is 2. The van der Waals surface area contributed by atoms with Crippen molar-refractivity contribution in [1.29, 1.82) is 0 Å². The number of hydrogen-bond donors (Lipinski definition) is 2. The van der Waals surface area contributed by atoms with Crippen molar-refractivity contribution in [2.45, 2.75) is 6.18 Å². The van der Waals surface area contributed by atoms with E-state index < -0.39 is 17.6 Å².